The summed E-state index contributed by atoms with van der Waals surface area (Å²) < 4.78 is 29.0. The Morgan fingerprint density at radius 3 is 2.81 bits per heavy atom. The molecule has 0 bridgehead atoms. The van der Waals surface area contributed by atoms with Gasteiger partial charge in [0, 0.05) is 22.6 Å². The molecule has 4 nitrogen and oxygen atoms in total. The fraction of sp³-hybridized carbons (Fsp3) is 0.733. The number of thiophene rings is 1. The minimum Gasteiger partial charge on any atom is -0.496 e. The smallest absolute Gasteiger partial charge is 0.150 e. The van der Waals surface area contributed by atoms with Crippen LogP contribution in [0.1, 0.15) is 43.5 Å². The van der Waals surface area contributed by atoms with Crippen LogP contribution < -0.4 is 10.1 Å². The molecule has 0 saturated heterocycles. The van der Waals surface area contributed by atoms with E-state index in [0.717, 1.165) is 38.0 Å². The first-order chi connectivity index (χ1) is 9.95. The minimum absolute atomic E-state index is 0.181. The molecule has 6 heteroatoms. The van der Waals surface area contributed by atoms with Crippen molar-refractivity contribution < 1.29 is 13.2 Å². The summed E-state index contributed by atoms with van der Waals surface area (Å²) in [5, 5.41) is 5.37. The van der Waals surface area contributed by atoms with Crippen LogP contribution in [0.3, 0.4) is 0 Å². The van der Waals surface area contributed by atoms with Crippen molar-refractivity contribution in [3.8, 4) is 5.75 Å². The Labute approximate surface area is 131 Å². The number of hydrogen-bond acceptors (Lipinski definition) is 5. The van der Waals surface area contributed by atoms with Gasteiger partial charge in [-0.3, -0.25) is 0 Å². The lowest BCUT2D eigenvalue weighted by atomic mass is 9.83. The molecule has 21 heavy (non-hydrogen) atoms. The third-order valence-corrected chi connectivity index (χ3v) is 6.94. The molecule has 0 radical (unpaired) electrons. The van der Waals surface area contributed by atoms with Crippen LogP contribution in [0.4, 0.5) is 0 Å². The van der Waals surface area contributed by atoms with Crippen molar-refractivity contribution in [2.24, 2.45) is 5.92 Å². The number of rotatable bonds is 6. The van der Waals surface area contributed by atoms with Gasteiger partial charge >= 0.3 is 0 Å². The van der Waals surface area contributed by atoms with E-state index in [-0.39, 0.29) is 11.3 Å². The Hall–Kier alpha value is -0.590. The summed E-state index contributed by atoms with van der Waals surface area (Å²) in [4.78, 5) is 1.24. The van der Waals surface area contributed by atoms with Gasteiger partial charge in [0.1, 0.15) is 15.6 Å². The Morgan fingerprint density at radius 2 is 2.24 bits per heavy atom. The molecular formula is C15H25NO3S2. The van der Waals surface area contributed by atoms with Crippen LogP contribution >= 0.6 is 11.3 Å². The quantitative estimate of drug-likeness (QED) is 0.870. The van der Waals surface area contributed by atoms with Gasteiger partial charge in [-0.2, -0.15) is 0 Å². The van der Waals surface area contributed by atoms with Gasteiger partial charge in [0.05, 0.1) is 12.4 Å². The van der Waals surface area contributed by atoms with Gasteiger partial charge in [-0.25, -0.2) is 8.42 Å². The third kappa shape index (κ3) is 4.20. The first kappa shape index (κ1) is 16.8. The molecule has 3 unspecified atom stereocenters. The lowest BCUT2D eigenvalue weighted by Crippen LogP contribution is -2.35. The predicted octanol–water partition coefficient (Wildman–Crippen LogP) is 3.01. The first-order valence-electron chi connectivity index (χ1n) is 7.50. The Morgan fingerprint density at radius 1 is 1.48 bits per heavy atom. The molecule has 0 spiro atoms. The second-order valence-electron chi connectivity index (χ2n) is 5.80. The van der Waals surface area contributed by atoms with Gasteiger partial charge in [-0.1, -0.05) is 13.3 Å². The summed E-state index contributed by atoms with van der Waals surface area (Å²) in [5.74, 6) is 1.26. The standard InChI is InChI=1S/C15H25NO3S2/c1-4-16-15(14-9-12(19-2)10-20-14)11-6-5-7-13(8-11)21(3,17)18/h9-11,13,15-16H,4-8H2,1-3H3. The summed E-state index contributed by atoms with van der Waals surface area (Å²) >= 11 is 1.69. The van der Waals surface area contributed by atoms with Crippen molar-refractivity contribution in [2.45, 2.75) is 43.9 Å². The molecule has 0 amide bonds. The maximum Gasteiger partial charge on any atom is 0.150 e. The van der Waals surface area contributed by atoms with Crippen LogP contribution in [0.5, 0.6) is 5.75 Å². The summed E-state index contributed by atoms with van der Waals surface area (Å²) in [6.07, 6.45) is 5.02. The van der Waals surface area contributed by atoms with Crippen molar-refractivity contribution in [3.05, 3.63) is 16.3 Å². The summed E-state index contributed by atoms with van der Waals surface area (Å²) in [5.41, 5.74) is 0. The summed E-state index contributed by atoms with van der Waals surface area (Å²) in [7, 11) is -1.26. The van der Waals surface area contributed by atoms with Gasteiger partial charge < -0.3 is 10.1 Å². The van der Waals surface area contributed by atoms with E-state index in [0.29, 0.717) is 5.92 Å². The molecule has 1 fully saturated rings. The Bertz CT molecular complexity index is 553. The van der Waals surface area contributed by atoms with Crippen LogP contribution in [0.25, 0.3) is 0 Å². The fourth-order valence-electron chi connectivity index (χ4n) is 3.20. The molecule has 1 aromatic rings. The molecule has 1 N–H and O–H groups in total. The molecule has 3 atom stereocenters. The highest BCUT2D eigenvalue weighted by molar-refractivity contribution is 7.91. The van der Waals surface area contributed by atoms with E-state index in [2.05, 4.69) is 18.3 Å². The second-order valence-corrected chi connectivity index (χ2v) is 9.07. The Kier molecular flexibility index (Phi) is 5.68. The second kappa shape index (κ2) is 7.11. The summed E-state index contributed by atoms with van der Waals surface area (Å²) in [6, 6.07) is 2.30. The number of nitrogens with one attached hydrogen (secondary N) is 1. The SMILES string of the molecule is CCNC(c1cc(OC)cs1)C1CCCC(S(C)(=O)=O)C1. The lowest BCUT2D eigenvalue weighted by Gasteiger charge is -2.33. The van der Waals surface area contributed by atoms with E-state index in [1.807, 2.05) is 5.38 Å². The minimum atomic E-state index is -2.94. The van der Waals surface area contributed by atoms with E-state index >= 15 is 0 Å². The van der Waals surface area contributed by atoms with Gasteiger partial charge in [-0.05, 0) is 37.8 Å². The van der Waals surface area contributed by atoms with Crippen molar-refractivity contribution in [1.82, 2.24) is 5.32 Å². The Balaban J connectivity index is 2.17. The number of ether oxygens (including phenoxy) is 1. The average Bonchev–Trinajstić information content (AvgIpc) is 2.92. The van der Waals surface area contributed by atoms with E-state index < -0.39 is 9.84 Å². The molecule has 1 aromatic heterocycles. The molecule has 1 aliphatic rings. The molecule has 1 heterocycles. The van der Waals surface area contributed by atoms with Crippen molar-refractivity contribution >= 4 is 21.2 Å². The zero-order chi connectivity index (χ0) is 15.5. The van der Waals surface area contributed by atoms with Gasteiger partial charge in [0.15, 0.2) is 0 Å². The lowest BCUT2D eigenvalue weighted by molar-refractivity contribution is 0.278. The third-order valence-electron chi connectivity index (χ3n) is 4.31. The molecule has 0 aromatic carbocycles. The zero-order valence-electron chi connectivity index (χ0n) is 13.0. The molecule has 120 valence electrons. The highest BCUT2D eigenvalue weighted by atomic mass is 32.2. The van der Waals surface area contributed by atoms with Crippen molar-refractivity contribution in [1.29, 1.82) is 0 Å². The van der Waals surface area contributed by atoms with Crippen LogP contribution in [0.15, 0.2) is 11.4 Å². The monoisotopic (exact) mass is 331 g/mol. The topological polar surface area (TPSA) is 55.4 Å². The number of methoxy groups -OCH3 is 1. The van der Waals surface area contributed by atoms with E-state index in [9.17, 15) is 8.42 Å². The normalized spacial score (nSPS) is 24.7. The van der Waals surface area contributed by atoms with Crippen LogP contribution in [0.2, 0.25) is 0 Å². The van der Waals surface area contributed by atoms with Crippen LogP contribution in [0, 0.1) is 5.92 Å². The molecular weight excluding hydrogens is 306 g/mol. The van der Waals surface area contributed by atoms with Crippen LogP contribution in [-0.4, -0.2) is 33.6 Å². The fourth-order valence-corrected chi connectivity index (χ4v) is 5.41. The zero-order valence-corrected chi connectivity index (χ0v) is 14.6. The average molecular weight is 332 g/mol. The summed E-state index contributed by atoms with van der Waals surface area (Å²) in [6.45, 7) is 2.97. The molecule has 1 aliphatic carbocycles. The van der Waals surface area contributed by atoms with E-state index in [4.69, 9.17) is 4.74 Å². The number of hydrogen-bond donors (Lipinski definition) is 1. The van der Waals surface area contributed by atoms with E-state index in [1.54, 1.807) is 18.4 Å². The molecule has 2 rings (SSSR count). The predicted molar refractivity (Wildman–Crippen MR) is 87.9 cm³/mol. The van der Waals surface area contributed by atoms with Gasteiger partial charge in [-0.15, -0.1) is 11.3 Å². The van der Waals surface area contributed by atoms with Crippen molar-refractivity contribution in [2.75, 3.05) is 19.9 Å². The number of sulfone groups is 1. The molecule has 0 aliphatic heterocycles. The van der Waals surface area contributed by atoms with Gasteiger partial charge in [0.25, 0.3) is 0 Å². The van der Waals surface area contributed by atoms with Gasteiger partial charge in [0.2, 0.25) is 0 Å². The highest BCUT2D eigenvalue weighted by Gasteiger charge is 2.34. The molecule has 1 saturated carbocycles. The largest absolute Gasteiger partial charge is 0.496 e. The van der Waals surface area contributed by atoms with Crippen LogP contribution in [-0.2, 0) is 9.84 Å². The first-order valence-corrected chi connectivity index (χ1v) is 10.3. The van der Waals surface area contributed by atoms with Crippen molar-refractivity contribution in [3.63, 3.8) is 0 Å². The maximum absolute atomic E-state index is 11.9. The van der Waals surface area contributed by atoms with E-state index in [1.165, 1.54) is 11.1 Å². The maximum atomic E-state index is 11.9. The highest BCUT2D eigenvalue weighted by Crippen LogP contribution is 2.39.